The molecule has 0 heterocycles. The van der Waals surface area contributed by atoms with Gasteiger partial charge < -0.3 is 9.47 Å². The first-order chi connectivity index (χ1) is 13.0. The fourth-order valence-corrected chi connectivity index (χ4v) is 2.77. The number of rotatable bonds is 9. The summed E-state index contributed by atoms with van der Waals surface area (Å²) in [6, 6.07) is 4.85. The van der Waals surface area contributed by atoms with Gasteiger partial charge in [-0.1, -0.05) is 11.6 Å². The summed E-state index contributed by atoms with van der Waals surface area (Å²) in [5.41, 5.74) is 1.60. The van der Waals surface area contributed by atoms with Crippen LogP contribution in [-0.4, -0.2) is 38.4 Å². The molecule has 0 bridgehead atoms. The highest BCUT2D eigenvalue weighted by Gasteiger charge is 2.18. The molecule has 2 aromatic carbocycles. The molecule has 0 aliphatic carbocycles. The van der Waals surface area contributed by atoms with Crippen molar-refractivity contribution in [1.29, 1.82) is 0 Å². The lowest BCUT2D eigenvalue weighted by Crippen LogP contribution is -2.12. The average molecular weight is 389 g/mol. The van der Waals surface area contributed by atoms with Gasteiger partial charge in [-0.2, -0.15) is 0 Å². The van der Waals surface area contributed by atoms with E-state index in [0.717, 1.165) is 11.1 Å². The summed E-state index contributed by atoms with van der Waals surface area (Å²) in [4.78, 5) is 44.9. The Morgan fingerprint density at radius 3 is 1.85 bits per heavy atom. The fourth-order valence-electron chi connectivity index (χ4n) is 2.50. The van der Waals surface area contributed by atoms with Crippen LogP contribution in [0.4, 0.5) is 0 Å². The topological polar surface area (TPSA) is 86.7 Å². The maximum absolute atomic E-state index is 11.4. The van der Waals surface area contributed by atoms with Crippen LogP contribution in [-0.2, 0) is 0 Å². The first-order valence-electron chi connectivity index (χ1n) is 8.00. The third-order valence-corrected chi connectivity index (χ3v) is 4.37. The molecule has 7 heteroatoms. The zero-order chi connectivity index (χ0) is 20.0. The Labute approximate surface area is 161 Å². The van der Waals surface area contributed by atoms with Crippen LogP contribution in [0.5, 0.6) is 11.5 Å². The highest BCUT2D eigenvalue weighted by atomic mass is 35.5. The van der Waals surface area contributed by atoms with E-state index in [-0.39, 0.29) is 41.2 Å². The summed E-state index contributed by atoms with van der Waals surface area (Å²) in [6.45, 7) is 4.01. The van der Waals surface area contributed by atoms with Crippen molar-refractivity contribution < 1.29 is 28.7 Å². The molecule has 0 saturated carbocycles. The molecule has 0 N–H and O–H groups in total. The van der Waals surface area contributed by atoms with E-state index in [1.165, 1.54) is 6.07 Å². The van der Waals surface area contributed by atoms with Crippen molar-refractivity contribution in [2.24, 2.45) is 0 Å². The SMILES string of the molecule is Cc1cc(Cl)c(OCCOc2cc(C=O)c(C=O)c(C=O)c2C=O)cc1C. The lowest BCUT2D eigenvalue weighted by atomic mass is 9.97. The Bertz CT molecular complexity index is 904. The van der Waals surface area contributed by atoms with Crippen molar-refractivity contribution in [3.05, 3.63) is 56.6 Å². The average Bonchev–Trinajstić information content (AvgIpc) is 2.67. The second-order valence-corrected chi connectivity index (χ2v) is 6.15. The third-order valence-electron chi connectivity index (χ3n) is 4.07. The van der Waals surface area contributed by atoms with Gasteiger partial charge in [-0.3, -0.25) is 19.2 Å². The molecule has 0 atom stereocenters. The number of carbonyl (C=O) groups is 4. The molecule has 0 aromatic heterocycles. The molecule has 27 heavy (non-hydrogen) atoms. The number of halogens is 1. The zero-order valence-electron chi connectivity index (χ0n) is 14.8. The molecule has 0 aliphatic rings. The third kappa shape index (κ3) is 4.41. The fraction of sp³-hybridized carbons (Fsp3) is 0.200. The Hall–Kier alpha value is -2.99. The van der Waals surface area contributed by atoms with Gasteiger partial charge in [0.05, 0.1) is 10.6 Å². The molecule has 6 nitrogen and oxygen atoms in total. The molecule has 0 spiro atoms. The molecule has 2 aromatic rings. The van der Waals surface area contributed by atoms with E-state index >= 15 is 0 Å². The summed E-state index contributed by atoms with van der Waals surface area (Å²) in [6.07, 6.45) is 1.53. The lowest BCUT2D eigenvalue weighted by Gasteiger charge is -2.14. The van der Waals surface area contributed by atoms with Crippen molar-refractivity contribution >= 4 is 36.7 Å². The van der Waals surface area contributed by atoms with Crippen LogP contribution in [0.15, 0.2) is 18.2 Å². The molecular weight excluding hydrogens is 372 g/mol. The van der Waals surface area contributed by atoms with Gasteiger partial charge in [0.15, 0.2) is 25.1 Å². The summed E-state index contributed by atoms with van der Waals surface area (Å²) in [7, 11) is 0. The quantitative estimate of drug-likeness (QED) is 0.481. The van der Waals surface area contributed by atoms with Gasteiger partial charge in [-0.05, 0) is 43.2 Å². The Morgan fingerprint density at radius 2 is 1.30 bits per heavy atom. The molecule has 140 valence electrons. The van der Waals surface area contributed by atoms with Gasteiger partial charge in [-0.15, -0.1) is 0 Å². The van der Waals surface area contributed by atoms with Crippen LogP contribution in [0.2, 0.25) is 5.02 Å². The minimum atomic E-state index is -0.183. The monoisotopic (exact) mass is 388 g/mol. The van der Waals surface area contributed by atoms with Gasteiger partial charge in [0.2, 0.25) is 0 Å². The minimum Gasteiger partial charge on any atom is -0.489 e. The lowest BCUT2D eigenvalue weighted by molar-refractivity contribution is 0.107. The maximum atomic E-state index is 11.4. The predicted octanol–water partition coefficient (Wildman–Crippen LogP) is 3.66. The molecule has 0 aliphatic heterocycles. The molecule has 0 saturated heterocycles. The van der Waals surface area contributed by atoms with Crippen LogP contribution in [0, 0.1) is 13.8 Å². The minimum absolute atomic E-state index is 0.0228. The highest BCUT2D eigenvalue weighted by molar-refractivity contribution is 6.32. The van der Waals surface area contributed by atoms with Crippen molar-refractivity contribution in [1.82, 2.24) is 0 Å². The first-order valence-corrected chi connectivity index (χ1v) is 8.38. The van der Waals surface area contributed by atoms with E-state index in [4.69, 9.17) is 21.1 Å². The summed E-state index contributed by atoms with van der Waals surface area (Å²) < 4.78 is 11.1. The highest BCUT2D eigenvalue weighted by Crippen LogP contribution is 2.28. The number of aryl methyl sites for hydroxylation is 2. The van der Waals surface area contributed by atoms with Crippen LogP contribution in [0.1, 0.15) is 52.6 Å². The van der Waals surface area contributed by atoms with E-state index in [1.807, 2.05) is 19.9 Å². The van der Waals surface area contributed by atoms with Crippen LogP contribution in [0.25, 0.3) is 0 Å². The van der Waals surface area contributed by atoms with Crippen LogP contribution >= 0.6 is 11.6 Å². The number of aldehydes is 4. The van der Waals surface area contributed by atoms with E-state index in [9.17, 15) is 19.2 Å². The van der Waals surface area contributed by atoms with Crippen LogP contribution in [0.3, 0.4) is 0 Å². The molecule has 2 rings (SSSR count). The van der Waals surface area contributed by atoms with Gasteiger partial charge in [0, 0.05) is 16.7 Å². The summed E-state index contributed by atoms with van der Waals surface area (Å²) >= 11 is 6.13. The first kappa shape index (κ1) is 20.3. The smallest absolute Gasteiger partial charge is 0.154 e. The Morgan fingerprint density at radius 1 is 0.741 bits per heavy atom. The molecule has 0 amide bonds. The maximum Gasteiger partial charge on any atom is 0.154 e. The molecular formula is C20H17ClO6. The Balaban J connectivity index is 2.17. The van der Waals surface area contributed by atoms with Gasteiger partial charge in [0.1, 0.15) is 24.7 Å². The second kappa shape index (κ2) is 9.09. The van der Waals surface area contributed by atoms with E-state index in [2.05, 4.69) is 0 Å². The molecule has 0 fully saturated rings. The standard InChI is InChI=1S/C20H17ClO6/c1-12-5-18(21)20(6-13(12)2)27-4-3-26-19-7-14(8-22)15(9-23)16(10-24)17(19)11-25/h5-11H,3-4H2,1-2H3. The molecule has 0 radical (unpaired) electrons. The molecule has 0 unspecified atom stereocenters. The zero-order valence-corrected chi connectivity index (χ0v) is 15.5. The Kier molecular flexibility index (Phi) is 6.85. The summed E-state index contributed by atoms with van der Waals surface area (Å²) in [5, 5.41) is 0.466. The van der Waals surface area contributed by atoms with E-state index in [1.54, 1.807) is 6.07 Å². The van der Waals surface area contributed by atoms with Gasteiger partial charge >= 0.3 is 0 Å². The van der Waals surface area contributed by atoms with Crippen molar-refractivity contribution in [3.63, 3.8) is 0 Å². The second-order valence-electron chi connectivity index (χ2n) is 5.74. The van der Waals surface area contributed by atoms with Crippen LogP contribution < -0.4 is 9.47 Å². The largest absolute Gasteiger partial charge is 0.489 e. The number of hydrogen-bond acceptors (Lipinski definition) is 6. The normalized spacial score (nSPS) is 10.2. The van der Waals surface area contributed by atoms with Gasteiger partial charge in [-0.25, -0.2) is 0 Å². The van der Waals surface area contributed by atoms with Crippen molar-refractivity contribution in [2.75, 3.05) is 13.2 Å². The summed E-state index contributed by atoms with van der Waals surface area (Å²) in [5.74, 6) is 0.520. The van der Waals surface area contributed by atoms with Gasteiger partial charge in [0.25, 0.3) is 0 Å². The number of benzene rings is 2. The number of carbonyl (C=O) groups excluding carboxylic acids is 4. The predicted molar refractivity (Wildman–Crippen MR) is 99.9 cm³/mol. The number of ether oxygens (including phenoxy) is 2. The van der Waals surface area contributed by atoms with E-state index in [0.29, 0.717) is 35.9 Å². The number of hydrogen-bond donors (Lipinski definition) is 0. The van der Waals surface area contributed by atoms with Crippen molar-refractivity contribution in [3.8, 4) is 11.5 Å². The van der Waals surface area contributed by atoms with Crippen molar-refractivity contribution in [2.45, 2.75) is 13.8 Å². The van der Waals surface area contributed by atoms with E-state index < -0.39 is 0 Å².